The highest BCUT2D eigenvalue weighted by Gasteiger charge is 2.13. The van der Waals surface area contributed by atoms with E-state index in [1.54, 1.807) is 32.2 Å². The molecule has 1 aromatic carbocycles. The number of halogens is 2. The van der Waals surface area contributed by atoms with E-state index in [1.807, 2.05) is 0 Å². The molecule has 0 radical (unpaired) electrons. The van der Waals surface area contributed by atoms with Gasteiger partial charge in [0.1, 0.15) is 11.6 Å². The number of nitrogens with zero attached hydrogens (tertiary/aromatic N) is 2. The molecular formula is C11H11ClFN3. The Morgan fingerprint density at radius 3 is 2.69 bits per heavy atom. The number of rotatable bonds is 1. The maximum atomic E-state index is 13.6. The Balaban J connectivity index is 2.61. The molecule has 0 spiro atoms. The predicted molar refractivity (Wildman–Crippen MR) is 62.8 cm³/mol. The third-order valence-electron chi connectivity index (χ3n) is 2.47. The second-order valence-electron chi connectivity index (χ2n) is 3.64. The van der Waals surface area contributed by atoms with Gasteiger partial charge in [0.2, 0.25) is 0 Å². The van der Waals surface area contributed by atoms with Gasteiger partial charge in [-0.2, -0.15) is 5.10 Å². The molecule has 0 bridgehead atoms. The molecule has 0 saturated carbocycles. The second kappa shape index (κ2) is 3.79. The monoisotopic (exact) mass is 239 g/mol. The summed E-state index contributed by atoms with van der Waals surface area (Å²) in [6, 6.07) is 5.07. The number of aryl methyl sites for hydroxylation is 2. The molecule has 0 aliphatic rings. The zero-order chi connectivity index (χ0) is 11.9. The van der Waals surface area contributed by atoms with E-state index in [1.165, 1.54) is 4.68 Å². The Kier molecular flexibility index (Phi) is 2.59. The Bertz CT molecular complexity index is 529. The van der Waals surface area contributed by atoms with Crippen molar-refractivity contribution in [3.05, 3.63) is 34.6 Å². The lowest BCUT2D eigenvalue weighted by Crippen LogP contribution is -1.96. The van der Waals surface area contributed by atoms with Gasteiger partial charge < -0.3 is 5.73 Å². The van der Waals surface area contributed by atoms with E-state index >= 15 is 0 Å². The molecule has 84 valence electrons. The van der Waals surface area contributed by atoms with Gasteiger partial charge >= 0.3 is 0 Å². The molecule has 0 aliphatic carbocycles. The molecule has 0 aliphatic heterocycles. The van der Waals surface area contributed by atoms with Crippen molar-refractivity contribution < 1.29 is 4.39 Å². The third-order valence-corrected chi connectivity index (χ3v) is 2.84. The first-order valence-electron chi connectivity index (χ1n) is 4.75. The van der Waals surface area contributed by atoms with Crippen LogP contribution in [0.1, 0.15) is 5.56 Å². The summed E-state index contributed by atoms with van der Waals surface area (Å²) in [4.78, 5) is 0. The van der Waals surface area contributed by atoms with Gasteiger partial charge in [0.15, 0.2) is 0 Å². The normalized spacial score (nSPS) is 10.8. The van der Waals surface area contributed by atoms with Crippen LogP contribution in [0.25, 0.3) is 11.3 Å². The van der Waals surface area contributed by atoms with E-state index in [4.69, 9.17) is 17.3 Å². The minimum atomic E-state index is -0.414. The Labute approximate surface area is 97.6 Å². The quantitative estimate of drug-likeness (QED) is 0.832. The summed E-state index contributed by atoms with van der Waals surface area (Å²) < 4.78 is 15.1. The summed E-state index contributed by atoms with van der Waals surface area (Å²) in [7, 11) is 1.72. The standard InChI is InChI=1S/C11H11ClFN3/c1-6-3-4-7(10(12)11(6)13)8-5-9(14)16(2)15-8/h3-5H,14H2,1-2H3. The molecule has 2 rings (SSSR count). The van der Waals surface area contributed by atoms with E-state index in [0.717, 1.165) is 0 Å². The van der Waals surface area contributed by atoms with Gasteiger partial charge in [-0.15, -0.1) is 0 Å². The van der Waals surface area contributed by atoms with Crippen molar-refractivity contribution in [2.75, 3.05) is 5.73 Å². The molecule has 0 fully saturated rings. The Morgan fingerprint density at radius 1 is 1.44 bits per heavy atom. The van der Waals surface area contributed by atoms with Crippen LogP contribution in [-0.2, 0) is 7.05 Å². The van der Waals surface area contributed by atoms with Crippen LogP contribution in [0.3, 0.4) is 0 Å². The average Bonchev–Trinajstić information content (AvgIpc) is 2.56. The molecule has 0 atom stereocenters. The number of hydrogen-bond acceptors (Lipinski definition) is 2. The average molecular weight is 240 g/mol. The lowest BCUT2D eigenvalue weighted by Gasteiger charge is -2.04. The minimum Gasteiger partial charge on any atom is -0.384 e. The molecule has 0 saturated heterocycles. The van der Waals surface area contributed by atoms with Gasteiger partial charge in [0, 0.05) is 18.7 Å². The molecule has 1 heterocycles. The number of hydrogen-bond donors (Lipinski definition) is 1. The largest absolute Gasteiger partial charge is 0.384 e. The van der Waals surface area contributed by atoms with E-state index in [-0.39, 0.29) is 5.02 Å². The predicted octanol–water partition coefficient (Wildman–Crippen LogP) is 2.77. The summed E-state index contributed by atoms with van der Waals surface area (Å²) in [5.74, 6) is 0.0930. The highest BCUT2D eigenvalue weighted by molar-refractivity contribution is 6.33. The first-order chi connectivity index (χ1) is 7.50. The van der Waals surface area contributed by atoms with Crippen LogP contribution in [0.15, 0.2) is 18.2 Å². The number of anilines is 1. The molecule has 3 nitrogen and oxygen atoms in total. The van der Waals surface area contributed by atoms with Crippen LogP contribution >= 0.6 is 11.6 Å². The molecule has 1 aromatic heterocycles. The zero-order valence-corrected chi connectivity index (χ0v) is 9.72. The molecule has 0 unspecified atom stereocenters. The highest BCUT2D eigenvalue weighted by Crippen LogP contribution is 2.31. The lowest BCUT2D eigenvalue weighted by atomic mass is 10.1. The van der Waals surface area contributed by atoms with E-state index in [9.17, 15) is 4.39 Å². The smallest absolute Gasteiger partial charge is 0.145 e. The number of aromatic nitrogens is 2. The Hall–Kier alpha value is -1.55. The SMILES string of the molecule is Cc1ccc(-c2cc(N)n(C)n2)c(Cl)c1F. The van der Waals surface area contributed by atoms with Crippen LogP contribution in [0.5, 0.6) is 0 Å². The van der Waals surface area contributed by atoms with Gasteiger partial charge in [-0.05, 0) is 12.5 Å². The van der Waals surface area contributed by atoms with E-state index in [2.05, 4.69) is 5.10 Å². The van der Waals surface area contributed by atoms with Crippen LogP contribution in [0.2, 0.25) is 5.02 Å². The summed E-state index contributed by atoms with van der Waals surface area (Å²) in [5, 5.41) is 4.23. The van der Waals surface area contributed by atoms with Crippen molar-refractivity contribution >= 4 is 17.4 Å². The van der Waals surface area contributed by atoms with Crippen molar-refractivity contribution in [2.45, 2.75) is 6.92 Å². The first kappa shape index (κ1) is 11.0. The van der Waals surface area contributed by atoms with Gasteiger partial charge in [-0.25, -0.2) is 4.39 Å². The number of nitrogen functional groups attached to an aromatic ring is 1. The van der Waals surface area contributed by atoms with Crippen LogP contribution in [0.4, 0.5) is 10.2 Å². The van der Waals surface area contributed by atoms with Crippen LogP contribution < -0.4 is 5.73 Å². The maximum absolute atomic E-state index is 13.6. The van der Waals surface area contributed by atoms with Crippen LogP contribution in [-0.4, -0.2) is 9.78 Å². The minimum absolute atomic E-state index is 0.0816. The topological polar surface area (TPSA) is 43.8 Å². The third kappa shape index (κ3) is 1.65. The summed E-state index contributed by atoms with van der Waals surface area (Å²) >= 11 is 5.93. The van der Waals surface area contributed by atoms with E-state index < -0.39 is 5.82 Å². The van der Waals surface area contributed by atoms with E-state index in [0.29, 0.717) is 22.6 Å². The molecule has 2 N–H and O–H groups in total. The molecule has 2 aromatic rings. The van der Waals surface area contributed by atoms with Gasteiger partial charge in [-0.3, -0.25) is 4.68 Å². The highest BCUT2D eigenvalue weighted by atomic mass is 35.5. The Morgan fingerprint density at radius 2 is 2.12 bits per heavy atom. The summed E-state index contributed by atoms with van der Waals surface area (Å²) in [6.07, 6.45) is 0. The van der Waals surface area contributed by atoms with Gasteiger partial charge in [0.05, 0.1) is 10.7 Å². The second-order valence-corrected chi connectivity index (χ2v) is 4.01. The molecular weight excluding hydrogens is 229 g/mol. The van der Waals surface area contributed by atoms with Crippen molar-refractivity contribution in [1.82, 2.24) is 9.78 Å². The van der Waals surface area contributed by atoms with Crippen LogP contribution in [0, 0.1) is 12.7 Å². The van der Waals surface area contributed by atoms with Crippen molar-refractivity contribution in [2.24, 2.45) is 7.05 Å². The summed E-state index contributed by atoms with van der Waals surface area (Å²) in [5.41, 5.74) is 7.30. The van der Waals surface area contributed by atoms with Crippen molar-refractivity contribution in [3.8, 4) is 11.3 Å². The molecule has 5 heteroatoms. The van der Waals surface area contributed by atoms with Gasteiger partial charge in [0.25, 0.3) is 0 Å². The molecule has 16 heavy (non-hydrogen) atoms. The number of nitrogens with two attached hydrogens (primary N) is 1. The van der Waals surface area contributed by atoms with Crippen molar-refractivity contribution in [1.29, 1.82) is 0 Å². The van der Waals surface area contributed by atoms with Gasteiger partial charge in [-0.1, -0.05) is 23.7 Å². The summed E-state index contributed by atoms with van der Waals surface area (Å²) in [6.45, 7) is 1.66. The number of benzene rings is 1. The lowest BCUT2D eigenvalue weighted by molar-refractivity contribution is 0.619. The zero-order valence-electron chi connectivity index (χ0n) is 8.96. The molecule has 0 amide bonds. The fourth-order valence-electron chi connectivity index (χ4n) is 1.46. The fraction of sp³-hybridized carbons (Fsp3) is 0.182. The maximum Gasteiger partial charge on any atom is 0.145 e. The fourth-order valence-corrected chi connectivity index (χ4v) is 1.77. The van der Waals surface area contributed by atoms with Crippen molar-refractivity contribution in [3.63, 3.8) is 0 Å². The first-order valence-corrected chi connectivity index (χ1v) is 5.13.